The van der Waals surface area contributed by atoms with Crippen LogP contribution in [0.25, 0.3) is 5.65 Å². The Morgan fingerprint density at radius 2 is 2.06 bits per heavy atom. The van der Waals surface area contributed by atoms with Gasteiger partial charge in [0.05, 0.1) is 5.69 Å². The summed E-state index contributed by atoms with van der Waals surface area (Å²) in [6.07, 6.45) is 2.76. The van der Waals surface area contributed by atoms with E-state index in [4.69, 9.17) is 0 Å². The van der Waals surface area contributed by atoms with Gasteiger partial charge in [-0.3, -0.25) is 9.20 Å². The molecule has 3 nitrogen and oxygen atoms in total. The molecule has 2 aromatic heterocycles. The molecule has 0 bridgehead atoms. The maximum absolute atomic E-state index is 11.3. The van der Waals surface area contributed by atoms with Crippen LogP contribution in [0.15, 0.2) is 16.7 Å². The van der Waals surface area contributed by atoms with Crippen LogP contribution in [0.1, 0.15) is 42.5 Å². The first-order valence-electron chi connectivity index (χ1n) is 5.48. The summed E-state index contributed by atoms with van der Waals surface area (Å²) in [6, 6.07) is 2.00. The van der Waals surface area contributed by atoms with Crippen molar-refractivity contribution in [3.63, 3.8) is 0 Å². The Kier molecular flexibility index (Phi) is 2.86. The number of hydrogen-bond donors (Lipinski definition) is 0. The molecule has 0 aliphatic heterocycles. The Hall–Kier alpha value is -1.16. The van der Waals surface area contributed by atoms with Gasteiger partial charge in [0.15, 0.2) is 6.29 Å². The lowest BCUT2D eigenvalue weighted by Crippen LogP contribution is -2.14. The lowest BCUT2D eigenvalue weighted by molar-refractivity contribution is 0.111. The van der Waals surface area contributed by atoms with Gasteiger partial charge >= 0.3 is 0 Å². The van der Waals surface area contributed by atoms with E-state index in [-0.39, 0.29) is 5.41 Å². The summed E-state index contributed by atoms with van der Waals surface area (Å²) in [7, 11) is 0. The zero-order valence-electron chi connectivity index (χ0n) is 10.4. The molecule has 2 rings (SSSR count). The normalized spacial score (nSPS) is 12.1. The Bertz CT molecular complexity index is 593. The van der Waals surface area contributed by atoms with Crippen LogP contribution < -0.4 is 0 Å². The molecule has 2 aromatic rings. The first-order chi connectivity index (χ1) is 7.84. The number of aldehydes is 1. The smallest absolute Gasteiger partial charge is 0.168 e. The highest BCUT2D eigenvalue weighted by Crippen LogP contribution is 2.27. The van der Waals surface area contributed by atoms with Crippen molar-refractivity contribution in [1.82, 2.24) is 9.38 Å². The van der Waals surface area contributed by atoms with Crippen LogP contribution in [0.2, 0.25) is 0 Å². The average molecular weight is 295 g/mol. The number of carbonyl (C=O) groups is 1. The van der Waals surface area contributed by atoms with Crippen molar-refractivity contribution in [3.05, 3.63) is 33.7 Å². The third kappa shape index (κ3) is 2.02. The minimum atomic E-state index is -0.138. The number of rotatable bonds is 1. The summed E-state index contributed by atoms with van der Waals surface area (Å²) in [5, 5.41) is 0. The molecule has 0 aromatic carbocycles. The lowest BCUT2D eigenvalue weighted by atomic mass is 9.91. The van der Waals surface area contributed by atoms with Crippen molar-refractivity contribution >= 4 is 27.9 Å². The molecule has 90 valence electrons. The Balaban J connectivity index is 2.90. The minimum absolute atomic E-state index is 0.138. The van der Waals surface area contributed by atoms with Crippen LogP contribution in [0.5, 0.6) is 0 Å². The fraction of sp³-hybridized carbons (Fsp3) is 0.385. The quantitative estimate of drug-likeness (QED) is 0.754. The molecule has 0 atom stereocenters. The van der Waals surface area contributed by atoms with Gasteiger partial charge in [0, 0.05) is 16.1 Å². The summed E-state index contributed by atoms with van der Waals surface area (Å²) >= 11 is 3.44. The molecule has 0 aliphatic rings. The number of hydrogen-bond acceptors (Lipinski definition) is 2. The van der Waals surface area contributed by atoms with Gasteiger partial charge in [-0.15, -0.1) is 0 Å². The van der Waals surface area contributed by atoms with E-state index in [0.717, 1.165) is 27.7 Å². The van der Waals surface area contributed by atoms with Gasteiger partial charge in [0.1, 0.15) is 11.3 Å². The summed E-state index contributed by atoms with van der Waals surface area (Å²) in [5.74, 6) is 0. The number of pyridine rings is 1. The Morgan fingerprint density at radius 3 is 2.59 bits per heavy atom. The summed E-state index contributed by atoms with van der Waals surface area (Å²) in [4.78, 5) is 15.9. The zero-order chi connectivity index (χ0) is 12.8. The molecule has 4 heteroatoms. The van der Waals surface area contributed by atoms with E-state index in [1.165, 1.54) is 0 Å². The van der Waals surface area contributed by atoms with Crippen molar-refractivity contribution in [2.45, 2.75) is 33.1 Å². The second kappa shape index (κ2) is 3.95. The van der Waals surface area contributed by atoms with Crippen LogP contribution in [0.3, 0.4) is 0 Å². The number of imidazole rings is 1. The van der Waals surface area contributed by atoms with E-state index < -0.39 is 0 Å². The van der Waals surface area contributed by atoms with Crippen LogP contribution in [-0.2, 0) is 5.41 Å². The van der Waals surface area contributed by atoms with Gasteiger partial charge in [-0.25, -0.2) is 4.98 Å². The SMILES string of the molecule is Cc1cc(Br)cn2c(C=O)c(C(C)(C)C)nc12. The van der Waals surface area contributed by atoms with Crippen molar-refractivity contribution < 1.29 is 4.79 Å². The average Bonchev–Trinajstić information content (AvgIpc) is 2.55. The molecule has 2 heterocycles. The van der Waals surface area contributed by atoms with Gasteiger partial charge in [-0.05, 0) is 34.5 Å². The summed E-state index contributed by atoms with van der Waals surface area (Å²) in [6.45, 7) is 8.18. The van der Waals surface area contributed by atoms with Gasteiger partial charge in [-0.2, -0.15) is 0 Å². The van der Waals surface area contributed by atoms with Crippen molar-refractivity contribution in [2.75, 3.05) is 0 Å². The topological polar surface area (TPSA) is 34.4 Å². The molecule has 0 saturated carbocycles. The van der Waals surface area contributed by atoms with E-state index in [1.54, 1.807) is 0 Å². The highest BCUT2D eigenvalue weighted by Gasteiger charge is 2.24. The maximum atomic E-state index is 11.3. The maximum Gasteiger partial charge on any atom is 0.168 e. The van der Waals surface area contributed by atoms with E-state index in [2.05, 4.69) is 41.7 Å². The molecule has 0 aliphatic carbocycles. The molecular weight excluding hydrogens is 280 g/mol. The lowest BCUT2D eigenvalue weighted by Gasteiger charge is -2.15. The minimum Gasteiger partial charge on any atom is -0.296 e. The van der Waals surface area contributed by atoms with Crippen LogP contribution >= 0.6 is 15.9 Å². The molecule has 0 amide bonds. The molecule has 0 spiro atoms. The fourth-order valence-electron chi connectivity index (χ4n) is 1.95. The third-order valence-corrected chi connectivity index (χ3v) is 3.16. The molecule has 17 heavy (non-hydrogen) atoms. The van der Waals surface area contributed by atoms with Gasteiger partial charge in [-0.1, -0.05) is 20.8 Å². The molecule has 0 N–H and O–H groups in total. The highest BCUT2D eigenvalue weighted by atomic mass is 79.9. The standard InChI is InChI=1S/C13H15BrN2O/c1-8-5-9(14)6-16-10(7-17)11(13(2,3)4)15-12(8)16/h5-7H,1-4H3. The van der Waals surface area contributed by atoms with E-state index in [9.17, 15) is 4.79 Å². The predicted molar refractivity (Wildman–Crippen MR) is 71.7 cm³/mol. The first kappa shape index (κ1) is 12.3. The molecule has 0 fully saturated rings. The predicted octanol–water partition coefficient (Wildman–Crippen LogP) is 3.52. The number of halogens is 1. The van der Waals surface area contributed by atoms with E-state index in [0.29, 0.717) is 5.69 Å². The number of aryl methyl sites for hydroxylation is 1. The van der Waals surface area contributed by atoms with Crippen LogP contribution in [-0.4, -0.2) is 15.7 Å². The monoisotopic (exact) mass is 294 g/mol. The molecule has 0 saturated heterocycles. The molecule has 0 radical (unpaired) electrons. The zero-order valence-corrected chi connectivity index (χ0v) is 12.0. The van der Waals surface area contributed by atoms with Gasteiger partial charge in [0.2, 0.25) is 0 Å². The number of carbonyl (C=O) groups excluding carboxylic acids is 1. The molecular formula is C13H15BrN2O. The highest BCUT2D eigenvalue weighted by molar-refractivity contribution is 9.10. The van der Waals surface area contributed by atoms with Crippen LogP contribution in [0.4, 0.5) is 0 Å². The fourth-order valence-corrected chi connectivity index (χ4v) is 2.50. The summed E-state index contributed by atoms with van der Waals surface area (Å²) in [5.41, 5.74) is 3.24. The van der Waals surface area contributed by atoms with Crippen molar-refractivity contribution in [1.29, 1.82) is 0 Å². The number of nitrogens with zero attached hydrogens (tertiary/aromatic N) is 2. The first-order valence-corrected chi connectivity index (χ1v) is 6.28. The van der Waals surface area contributed by atoms with Crippen molar-refractivity contribution in [3.8, 4) is 0 Å². The van der Waals surface area contributed by atoms with E-state index in [1.807, 2.05) is 23.6 Å². The Labute approximate surface area is 109 Å². The number of fused-ring (bicyclic) bond motifs is 1. The summed E-state index contributed by atoms with van der Waals surface area (Å²) < 4.78 is 2.80. The van der Waals surface area contributed by atoms with Crippen LogP contribution in [0, 0.1) is 6.92 Å². The van der Waals surface area contributed by atoms with Crippen molar-refractivity contribution in [2.24, 2.45) is 0 Å². The van der Waals surface area contributed by atoms with Gasteiger partial charge < -0.3 is 0 Å². The number of aromatic nitrogens is 2. The molecule has 0 unspecified atom stereocenters. The second-order valence-electron chi connectivity index (χ2n) is 5.25. The van der Waals surface area contributed by atoms with E-state index >= 15 is 0 Å². The third-order valence-electron chi connectivity index (χ3n) is 2.73. The largest absolute Gasteiger partial charge is 0.296 e. The second-order valence-corrected chi connectivity index (χ2v) is 6.16. The van der Waals surface area contributed by atoms with Gasteiger partial charge in [0.25, 0.3) is 0 Å². The Morgan fingerprint density at radius 1 is 1.41 bits per heavy atom.